The normalized spacial score (nSPS) is 30.5. The fourth-order valence-corrected chi connectivity index (χ4v) is 2.29. The highest BCUT2D eigenvalue weighted by Crippen LogP contribution is 2.48. The number of hydrogen-bond donors (Lipinski definition) is 1. The van der Waals surface area contributed by atoms with Gasteiger partial charge in [-0.3, -0.25) is 0 Å². The molecule has 0 aliphatic heterocycles. The molecular formula is C8H11NS. The van der Waals surface area contributed by atoms with Crippen LogP contribution in [0.4, 0.5) is 0 Å². The lowest BCUT2D eigenvalue weighted by Crippen LogP contribution is -2.01. The minimum atomic E-state index is 0.790. The minimum Gasteiger partial charge on any atom is -0.330 e. The summed E-state index contributed by atoms with van der Waals surface area (Å²) in [6.07, 6.45) is 1.32. The van der Waals surface area contributed by atoms with E-state index < -0.39 is 0 Å². The Balaban J connectivity index is 2.05. The molecule has 0 unspecified atom stereocenters. The molecule has 54 valence electrons. The van der Waals surface area contributed by atoms with E-state index in [-0.39, 0.29) is 0 Å². The van der Waals surface area contributed by atoms with Gasteiger partial charge in [-0.05, 0) is 36.2 Å². The second kappa shape index (κ2) is 2.36. The smallest absolute Gasteiger partial charge is 0.00795 e. The van der Waals surface area contributed by atoms with Crippen LogP contribution in [0, 0.1) is 5.92 Å². The fourth-order valence-electron chi connectivity index (χ4n) is 1.36. The minimum absolute atomic E-state index is 0.790. The first-order valence-electron chi connectivity index (χ1n) is 3.65. The number of hydrogen-bond acceptors (Lipinski definition) is 2. The first-order valence-corrected chi connectivity index (χ1v) is 4.53. The molecule has 2 heteroatoms. The molecule has 1 heterocycles. The maximum Gasteiger partial charge on any atom is 0.00795 e. The molecule has 10 heavy (non-hydrogen) atoms. The fraction of sp³-hybridized carbons (Fsp3) is 0.500. The Bertz CT molecular complexity index is 205. The highest BCUT2D eigenvalue weighted by Gasteiger charge is 2.37. The first-order chi connectivity index (χ1) is 4.92. The molecule has 0 radical (unpaired) electrons. The monoisotopic (exact) mass is 153 g/mol. The molecule has 2 rings (SSSR count). The van der Waals surface area contributed by atoms with Crippen LogP contribution in [-0.4, -0.2) is 6.54 Å². The van der Waals surface area contributed by atoms with Crippen molar-refractivity contribution in [1.29, 1.82) is 0 Å². The van der Waals surface area contributed by atoms with Gasteiger partial charge in [-0.2, -0.15) is 0 Å². The van der Waals surface area contributed by atoms with Crippen LogP contribution in [0.2, 0.25) is 0 Å². The average molecular weight is 153 g/mol. The maximum atomic E-state index is 5.53. The molecule has 0 aromatic carbocycles. The van der Waals surface area contributed by atoms with Crippen LogP contribution >= 0.6 is 11.3 Å². The van der Waals surface area contributed by atoms with Crippen molar-refractivity contribution < 1.29 is 0 Å². The van der Waals surface area contributed by atoms with E-state index in [1.807, 2.05) is 11.3 Å². The Morgan fingerprint density at radius 2 is 2.60 bits per heavy atom. The summed E-state index contributed by atoms with van der Waals surface area (Å²) in [5.41, 5.74) is 5.53. The van der Waals surface area contributed by atoms with Crippen LogP contribution in [0.15, 0.2) is 17.5 Å². The van der Waals surface area contributed by atoms with E-state index in [1.54, 1.807) is 0 Å². The van der Waals surface area contributed by atoms with Crippen LogP contribution in [-0.2, 0) is 0 Å². The lowest BCUT2D eigenvalue weighted by atomic mass is 10.3. The molecule has 0 saturated heterocycles. The van der Waals surface area contributed by atoms with Gasteiger partial charge in [0.1, 0.15) is 0 Å². The number of nitrogens with two attached hydrogens (primary N) is 1. The molecule has 1 saturated carbocycles. The second-order valence-electron chi connectivity index (χ2n) is 2.85. The predicted molar refractivity (Wildman–Crippen MR) is 44.2 cm³/mol. The van der Waals surface area contributed by atoms with Crippen molar-refractivity contribution in [3.8, 4) is 0 Å². The largest absolute Gasteiger partial charge is 0.330 e. The Hall–Kier alpha value is -0.340. The van der Waals surface area contributed by atoms with Crippen molar-refractivity contribution in [2.45, 2.75) is 12.3 Å². The molecule has 1 fully saturated rings. The third kappa shape index (κ3) is 0.976. The zero-order valence-electron chi connectivity index (χ0n) is 5.79. The van der Waals surface area contributed by atoms with Crippen LogP contribution < -0.4 is 5.73 Å². The summed E-state index contributed by atoms with van der Waals surface area (Å²) in [7, 11) is 0. The third-order valence-corrected chi connectivity index (χ3v) is 3.14. The van der Waals surface area contributed by atoms with Crippen LogP contribution in [0.5, 0.6) is 0 Å². The lowest BCUT2D eigenvalue weighted by molar-refractivity contribution is 0.815. The second-order valence-corrected chi connectivity index (χ2v) is 3.83. The van der Waals surface area contributed by atoms with Gasteiger partial charge in [-0.1, -0.05) is 6.07 Å². The van der Waals surface area contributed by atoms with Gasteiger partial charge in [0.15, 0.2) is 0 Å². The maximum absolute atomic E-state index is 5.53. The molecule has 1 aliphatic carbocycles. The standard InChI is InChI=1S/C8H11NS/c9-5-6-4-7(6)8-2-1-3-10-8/h1-3,6-7H,4-5,9H2/t6-,7-/m1/s1. The van der Waals surface area contributed by atoms with Gasteiger partial charge in [-0.15, -0.1) is 11.3 Å². The third-order valence-electron chi connectivity index (χ3n) is 2.13. The Labute approximate surface area is 64.9 Å². The summed E-state index contributed by atoms with van der Waals surface area (Å²) >= 11 is 1.86. The van der Waals surface area contributed by atoms with E-state index in [0.29, 0.717) is 0 Å². The van der Waals surface area contributed by atoms with E-state index in [2.05, 4.69) is 17.5 Å². The van der Waals surface area contributed by atoms with Crippen LogP contribution in [0.1, 0.15) is 17.2 Å². The van der Waals surface area contributed by atoms with Gasteiger partial charge in [0.25, 0.3) is 0 Å². The predicted octanol–water partition coefficient (Wildman–Crippen LogP) is 1.81. The van der Waals surface area contributed by atoms with Crippen LogP contribution in [0.25, 0.3) is 0 Å². The Kier molecular flexibility index (Phi) is 1.51. The van der Waals surface area contributed by atoms with E-state index in [0.717, 1.165) is 18.4 Å². The quantitative estimate of drug-likeness (QED) is 0.689. The van der Waals surface area contributed by atoms with E-state index in [1.165, 1.54) is 11.3 Å². The molecule has 1 aromatic rings. The van der Waals surface area contributed by atoms with Gasteiger partial charge >= 0.3 is 0 Å². The van der Waals surface area contributed by atoms with Crippen LogP contribution in [0.3, 0.4) is 0 Å². The molecule has 1 nitrogen and oxygen atoms in total. The Morgan fingerprint density at radius 3 is 3.10 bits per heavy atom. The van der Waals surface area contributed by atoms with E-state index >= 15 is 0 Å². The number of thiophene rings is 1. The Morgan fingerprint density at radius 1 is 1.70 bits per heavy atom. The molecule has 2 atom stereocenters. The van der Waals surface area contributed by atoms with Crippen molar-refractivity contribution >= 4 is 11.3 Å². The van der Waals surface area contributed by atoms with Gasteiger partial charge in [0.05, 0.1) is 0 Å². The average Bonchev–Trinajstić information content (AvgIpc) is 2.56. The molecule has 1 aliphatic rings. The molecule has 0 bridgehead atoms. The zero-order valence-corrected chi connectivity index (χ0v) is 6.60. The highest BCUT2D eigenvalue weighted by atomic mass is 32.1. The van der Waals surface area contributed by atoms with Crippen molar-refractivity contribution in [1.82, 2.24) is 0 Å². The van der Waals surface area contributed by atoms with E-state index in [9.17, 15) is 0 Å². The molecule has 0 spiro atoms. The summed E-state index contributed by atoms with van der Waals surface area (Å²) in [6.45, 7) is 0.864. The van der Waals surface area contributed by atoms with Gasteiger partial charge in [0, 0.05) is 4.88 Å². The van der Waals surface area contributed by atoms with Crippen molar-refractivity contribution in [2.75, 3.05) is 6.54 Å². The summed E-state index contributed by atoms with van der Waals surface area (Å²) in [4.78, 5) is 1.52. The summed E-state index contributed by atoms with van der Waals surface area (Å²) in [6, 6.07) is 4.33. The number of rotatable bonds is 2. The van der Waals surface area contributed by atoms with Crippen molar-refractivity contribution in [3.05, 3.63) is 22.4 Å². The summed E-state index contributed by atoms with van der Waals surface area (Å²) in [5, 5.41) is 2.14. The topological polar surface area (TPSA) is 26.0 Å². The van der Waals surface area contributed by atoms with E-state index in [4.69, 9.17) is 5.73 Å². The SMILES string of the molecule is NC[C@H]1C[C@H]1c1cccs1. The highest BCUT2D eigenvalue weighted by molar-refractivity contribution is 7.10. The molecule has 0 amide bonds. The van der Waals surface area contributed by atoms with Gasteiger partial charge in [-0.25, -0.2) is 0 Å². The zero-order chi connectivity index (χ0) is 6.97. The van der Waals surface area contributed by atoms with Gasteiger partial charge < -0.3 is 5.73 Å². The first kappa shape index (κ1) is 6.38. The van der Waals surface area contributed by atoms with Crippen molar-refractivity contribution in [2.24, 2.45) is 11.7 Å². The lowest BCUT2D eigenvalue weighted by Gasteiger charge is -1.89. The summed E-state index contributed by atoms with van der Waals surface area (Å²) in [5.74, 6) is 1.60. The molecular weight excluding hydrogens is 142 g/mol. The summed E-state index contributed by atoms with van der Waals surface area (Å²) < 4.78 is 0. The molecule has 1 aromatic heterocycles. The van der Waals surface area contributed by atoms with Gasteiger partial charge in [0.2, 0.25) is 0 Å². The van der Waals surface area contributed by atoms with Crippen molar-refractivity contribution in [3.63, 3.8) is 0 Å². The molecule has 2 N–H and O–H groups in total.